The lowest BCUT2D eigenvalue weighted by Gasteiger charge is -2.12. The molecule has 0 aromatic heterocycles. The van der Waals surface area contributed by atoms with Crippen molar-refractivity contribution < 1.29 is 5.11 Å². The van der Waals surface area contributed by atoms with Crippen molar-refractivity contribution in [2.75, 3.05) is 0 Å². The third-order valence-corrected chi connectivity index (χ3v) is 3.25. The second kappa shape index (κ2) is 2.65. The first kappa shape index (κ1) is 8.89. The minimum Gasteiger partial charge on any atom is -0.508 e. The summed E-state index contributed by atoms with van der Waals surface area (Å²) in [4.78, 5) is 0. The average molecular weight is 197 g/mol. The number of halogens is 1. The van der Waals surface area contributed by atoms with E-state index in [4.69, 9.17) is 11.6 Å². The summed E-state index contributed by atoms with van der Waals surface area (Å²) in [5.41, 5.74) is 2.37. The first-order chi connectivity index (χ1) is 6.03. The van der Waals surface area contributed by atoms with Crippen LogP contribution in [0.1, 0.15) is 30.9 Å². The Morgan fingerprint density at radius 2 is 2.00 bits per heavy atom. The Labute approximate surface area is 83.3 Å². The van der Waals surface area contributed by atoms with Crippen LogP contribution in [0.5, 0.6) is 5.75 Å². The lowest BCUT2D eigenvalue weighted by atomic mass is 9.96. The smallest absolute Gasteiger partial charge is 0.119 e. The minimum atomic E-state index is 0.273. The molecule has 1 aliphatic rings. The Morgan fingerprint density at radius 3 is 2.54 bits per heavy atom. The van der Waals surface area contributed by atoms with E-state index in [9.17, 15) is 5.11 Å². The molecule has 0 aliphatic heterocycles. The molecule has 1 N–H and O–H groups in total. The van der Waals surface area contributed by atoms with Gasteiger partial charge in [0, 0.05) is 5.02 Å². The van der Waals surface area contributed by atoms with Crippen LogP contribution in [-0.2, 0) is 5.41 Å². The molecule has 1 aromatic carbocycles. The van der Waals surface area contributed by atoms with Crippen LogP contribution in [-0.4, -0.2) is 5.11 Å². The maximum absolute atomic E-state index is 9.43. The van der Waals surface area contributed by atoms with Crippen molar-refractivity contribution in [1.82, 2.24) is 0 Å². The van der Waals surface area contributed by atoms with Crippen molar-refractivity contribution in [2.45, 2.75) is 32.1 Å². The van der Waals surface area contributed by atoms with Gasteiger partial charge in [-0.1, -0.05) is 24.6 Å². The van der Waals surface area contributed by atoms with Gasteiger partial charge in [-0.3, -0.25) is 0 Å². The van der Waals surface area contributed by atoms with Crippen LogP contribution in [0.4, 0.5) is 0 Å². The molecular weight excluding hydrogens is 184 g/mol. The summed E-state index contributed by atoms with van der Waals surface area (Å²) in [5.74, 6) is 0.290. The van der Waals surface area contributed by atoms with Gasteiger partial charge in [0.1, 0.15) is 5.75 Å². The largest absolute Gasteiger partial charge is 0.508 e. The maximum atomic E-state index is 9.43. The third-order valence-electron chi connectivity index (χ3n) is 2.94. The molecule has 2 rings (SSSR count). The van der Waals surface area contributed by atoms with Gasteiger partial charge < -0.3 is 5.11 Å². The molecule has 13 heavy (non-hydrogen) atoms. The zero-order chi connectivity index (χ0) is 9.64. The molecule has 0 heterocycles. The highest BCUT2D eigenvalue weighted by molar-refractivity contribution is 6.31. The zero-order valence-corrected chi connectivity index (χ0v) is 8.65. The molecule has 1 aromatic rings. The van der Waals surface area contributed by atoms with E-state index in [1.807, 2.05) is 13.0 Å². The molecule has 0 unspecified atom stereocenters. The molecule has 0 radical (unpaired) electrons. The fourth-order valence-corrected chi connectivity index (χ4v) is 1.98. The van der Waals surface area contributed by atoms with Gasteiger partial charge >= 0.3 is 0 Å². The number of aromatic hydroxyl groups is 1. The van der Waals surface area contributed by atoms with Crippen LogP contribution >= 0.6 is 11.6 Å². The van der Waals surface area contributed by atoms with Crippen LogP contribution in [0, 0.1) is 6.92 Å². The van der Waals surface area contributed by atoms with Gasteiger partial charge in [-0.15, -0.1) is 0 Å². The standard InChI is InChI=1S/C11H13ClO/c1-7-5-8(11(2)3-4-11)9(12)6-10(7)13/h5-6,13H,3-4H2,1-2H3. The summed E-state index contributed by atoms with van der Waals surface area (Å²) in [6, 6.07) is 3.65. The molecule has 0 amide bonds. The molecule has 1 saturated carbocycles. The number of hydrogen-bond acceptors (Lipinski definition) is 1. The van der Waals surface area contributed by atoms with Crippen molar-refractivity contribution in [1.29, 1.82) is 0 Å². The number of phenols is 1. The fourth-order valence-electron chi connectivity index (χ4n) is 1.59. The van der Waals surface area contributed by atoms with Crippen molar-refractivity contribution in [3.8, 4) is 5.75 Å². The van der Waals surface area contributed by atoms with Crippen LogP contribution in [0.25, 0.3) is 0 Å². The highest BCUT2D eigenvalue weighted by Gasteiger charge is 2.40. The molecule has 0 bridgehead atoms. The molecule has 70 valence electrons. The number of rotatable bonds is 1. The molecule has 1 aliphatic carbocycles. The Balaban J connectivity index is 2.52. The average Bonchev–Trinajstić information content (AvgIpc) is 2.77. The van der Waals surface area contributed by atoms with Gasteiger partial charge in [0.15, 0.2) is 0 Å². The maximum Gasteiger partial charge on any atom is 0.119 e. The third kappa shape index (κ3) is 1.42. The van der Waals surface area contributed by atoms with Gasteiger partial charge in [-0.2, -0.15) is 0 Å². The minimum absolute atomic E-state index is 0.273. The molecular formula is C11H13ClO. The van der Waals surface area contributed by atoms with E-state index in [-0.39, 0.29) is 11.2 Å². The lowest BCUT2D eigenvalue weighted by Crippen LogP contribution is -2.01. The van der Waals surface area contributed by atoms with Gasteiger partial charge in [0.2, 0.25) is 0 Å². The van der Waals surface area contributed by atoms with Crippen LogP contribution in [0.2, 0.25) is 5.02 Å². The number of phenolic OH excluding ortho intramolecular Hbond substituents is 1. The Morgan fingerprint density at radius 1 is 1.38 bits per heavy atom. The van der Waals surface area contributed by atoms with Crippen LogP contribution in [0.3, 0.4) is 0 Å². The van der Waals surface area contributed by atoms with Crippen LogP contribution in [0.15, 0.2) is 12.1 Å². The van der Waals surface area contributed by atoms with E-state index >= 15 is 0 Å². The SMILES string of the molecule is Cc1cc(C2(C)CC2)c(Cl)cc1O. The molecule has 0 saturated heterocycles. The number of hydrogen-bond donors (Lipinski definition) is 1. The topological polar surface area (TPSA) is 20.2 Å². The van der Waals surface area contributed by atoms with Gasteiger partial charge in [0.05, 0.1) is 0 Å². The second-order valence-electron chi connectivity index (χ2n) is 4.18. The Hall–Kier alpha value is -0.690. The fraction of sp³-hybridized carbons (Fsp3) is 0.455. The quantitative estimate of drug-likeness (QED) is 0.730. The molecule has 1 fully saturated rings. The van der Waals surface area contributed by atoms with Crippen molar-refractivity contribution in [3.63, 3.8) is 0 Å². The van der Waals surface area contributed by atoms with Gasteiger partial charge in [-0.25, -0.2) is 0 Å². The highest BCUT2D eigenvalue weighted by atomic mass is 35.5. The van der Waals surface area contributed by atoms with E-state index in [2.05, 4.69) is 6.92 Å². The van der Waals surface area contributed by atoms with Crippen molar-refractivity contribution >= 4 is 11.6 Å². The first-order valence-electron chi connectivity index (χ1n) is 4.52. The normalized spacial score (nSPS) is 18.7. The van der Waals surface area contributed by atoms with Crippen LogP contribution < -0.4 is 0 Å². The van der Waals surface area contributed by atoms with E-state index in [0.29, 0.717) is 5.02 Å². The number of aryl methyl sites for hydroxylation is 1. The lowest BCUT2D eigenvalue weighted by molar-refractivity contribution is 0.470. The summed E-state index contributed by atoms with van der Waals surface area (Å²) in [7, 11) is 0. The van der Waals surface area contributed by atoms with E-state index in [0.717, 1.165) is 5.56 Å². The summed E-state index contributed by atoms with van der Waals surface area (Å²) in [5, 5.41) is 10.1. The molecule has 2 heteroatoms. The van der Waals surface area contributed by atoms with Crippen molar-refractivity contribution in [2.24, 2.45) is 0 Å². The Kier molecular flexibility index (Phi) is 1.81. The summed E-state index contributed by atoms with van der Waals surface area (Å²) >= 11 is 6.07. The predicted octanol–water partition coefficient (Wildman–Crippen LogP) is 3.41. The Bertz CT molecular complexity index is 353. The molecule has 0 atom stereocenters. The molecule has 0 spiro atoms. The summed E-state index contributed by atoms with van der Waals surface area (Å²) < 4.78 is 0. The van der Waals surface area contributed by atoms with Gasteiger partial charge in [0.25, 0.3) is 0 Å². The predicted molar refractivity (Wildman–Crippen MR) is 54.4 cm³/mol. The number of benzene rings is 1. The zero-order valence-electron chi connectivity index (χ0n) is 7.89. The summed E-state index contributed by atoms with van der Waals surface area (Å²) in [6.45, 7) is 4.12. The highest BCUT2D eigenvalue weighted by Crippen LogP contribution is 2.50. The second-order valence-corrected chi connectivity index (χ2v) is 4.59. The monoisotopic (exact) mass is 196 g/mol. The van der Waals surface area contributed by atoms with Crippen molar-refractivity contribution in [3.05, 3.63) is 28.3 Å². The summed E-state index contributed by atoms with van der Waals surface area (Å²) in [6.07, 6.45) is 2.41. The molecule has 1 nitrogen and oxygen atoms in total. The van der Waals surface area contributed by atoms with Gasteiger partial charge in [-0.05, 0) is 42.4 Å². The van der Waals surface area contributed by atoms with E-state index in [1.54, 1.807) is 6.07 Å². The van der Waals surface area contributed by atoms with E-state index in [1.165, 1.54) is 18.4 Å². The first-order valence-corrected chi connectivity index (χ1v) is 4.90. The van der Waals surface area contributed by atoms with E-state index < -0.39 is 0 Å².